The summed E-state index contributed by atoms with van der Waals surface area (Å²) in [7, 11) is 0. The Kier molecular flexibility index (Phi) is 3.45. The van der Waals surface area contributed by atoms with Crippen LogP contribution in [0.4, 0.5) is 0 Å². The van der Waals surface area contributed by atoms with E-state index in [9.17, 15) is 0 Å². The van der Waals surface area contributed by atoms with Crippen molar-refractivity contribution in [3.63, 3.8) is 0 Å². The molecule has 2 fully saturated rings. The maximum atomic E-state index is 5.56. The molecule has 0 aromatic carbocycles. The van der Waals surface area contributed by atoms with Gasteiger partial charge in [0.15, 0.2) is 0 Å². The molecule has 3 unspecified atom stereocenters. The van der Waals surface area contributed by atoms with Gasteiger partial charge in [0.1, 0.15) is 0 Å². The molecule has 0 amide bonds. The standard InChI is InChI=1S/C12H24N2/c1-9(8-13)14-5-4-12-7-10-2-3-11(12)6-10/h9-12,14H,2-8,13H2,1H3/t9-,10?,11?,12?/m1/s1. The predicted octanol–water partition coefficient (Wildman–Crippen LogP) is 1.75. The van der Waals surface area contributed by atoms with E-state index in [1.807, 2.05) is 0 Å². The molecule has 4 atom stereocenters. The molecule has 2 aliphatic carbocycles. The molecule has 2 aliphatic rings. The average Bonchev–Trinajstić information content (AvgIpc) is 2.79. The van der Waals surface area contributed by atoms with Crippen molar-refractivity contribution in [1.82, 2.24) is 5.32 Å². The Balaban J connectivity index is 1.62. The van der Waals surface area contributed by atoms with Crippen LogP contribution in [0.15, 0.2) is 0 Å². The van der Waals surface area contributed by atoms with E-state index in [0.29, 0.717) is 6.04 Å². The number of hydrogen-bond donors (Lipinski definition) is 2. The fourth-order valence-electron chi connectivity index (χ4n) is 3.33. The summed E-state index contributed by atoms with van der Waals surface area (Å²) in [6.07, 6.45) is 7.47. The lowest BCUT2D eigenvalue weighted by Crippen LogP contribution is -2.34. The zero-order chi connectivity index (χ0) is 9.97. The van der Waals surface area contributed by atoms with Crippen LogP contribution in [0.5, 0.6) is 0 Å². The monoisotopic (exact) mass is 196 g/mol. The molecule has 14 heavy (non-hydrogen) atoms. The normalized spacial score (nSPS) is 37.7. The van der Waals surface area contributed by atoms with Crippen LogP contribution in [0.25, 0.3) is 0 Å². The first kappa shape index (κ1) is 10.4. The molecule has 2 rings (SSSR count). The van der Waals surface area contributed by atoms with Crippen LogP contribution in [-0.2, 0) is 0 Å². The highest BCUT2D eigenvalue weighted by Crippen LogP contribution is 2.49. The van der Waals surface area contributed by atoms with Crippen molar-refractivity contribution < 1.29 is 0 Å². The summed E-state index contributed by atoms with van der Waals surface area (Å²) in [6, 6.07) is 0.494. The van der Waals surface area contributed by atoms with Gasteiger partial charge in [0.2, 0.25) is 0 Å². The van der Waals surface area contributed by atoms with Crippen LogP contribution in [-0.4, -0.2) is 19.1 Å². The molecule has 2 nitrogen and oxygen atoms in total. The molecule has 2 heteroatoms. The van der Waals surface area contributed by atoms with Crippen LogP contribution in [0, 0.1) is 17.8 Å². The fourth-order valence-corrected chi connectivity index (χ4v) is 3.33. The molecule has 0 spiro atoms. The van der Waals surface area contributed by atoms with Gasteiger partial charge in [-0.15, -0.1) is 0 Å². The number of fused-ring (bicyclic) bond motifs is 2. The third-order valence-electron chi connectivity index (χ3n) is 4.25. The maximum Gasteiger partial charge on any atom is 0.0161 e. The molecule has 0 aromatic rings. The lowest BCUT2D eigenvalue weighted by molar-refractivity contribution is 0.306. The van der Waals surface area contributed by atoms with E-state index in [0.717, 1.165) is 24.3 Å². The molecule has 3 N–H and O–H groups in total. The van der Waals surface area contributed by atoms with Crippen molar-refractivity contribution in [3.05, 3.63) is 0 Å². The first-order valence-corrected chi connectivity index (χ1v) is 6.23. The van der Waals surface area contributed by atoms with E-state index < -0.39 is 0 Å². The number of nitrogens with two attached hydrogens (primary N) is 1. The van der Waals surface area contributed by atoms with Gasteiger partial charge in [-0.3, -0.25) is 0 Å². The highest BCUT2D eigenvalue weighted by molar-refractivity contribution is 4.90. The molecule has 82 valence electrons. The first-order chi connectivity index (χ1) is 6.79. The van der Waals surface area contributed by atoms with Crippen molar-refractivity contribution in [1.29, 1.82) is 0 Å². The van der Waals surface area contributed by atoms with Gasteiger partial charge >= 0.3 is 0 Å². The van der Waals surface area contributed by atoms with E-state index >= 15 is 0 Å². The summed E-state index contributed by atoms with van der Waals surface area (Å²) in [4.78, 5) is 0. The van der Waals surface area contributed by atoms with Gasteiger partial charge < -0.3 is 11.1 Å². The molecule has 0 radical (unpaired) electrons. The Morgan fingerprint density at radius 3 is 2.79 bits per heavy atom. The average molecular weight is 196 g/mol. The minimum atomic E-state index is 0.494. The van der Waals surface area contributed by atoms with Crippen LogP contribution in [0.1, 0.15) is 39.0 Å². The molecule has 2 saturated carbocycles. The van der Waals surface area contributed by atoms with Crippen LogP contribution in [0.2, 0.25) is 0 Å². The van der Waals surface area contributed by atoms with Gasteiger partial charge in [0, 0.05) is 12.6 Å². The van der Waals surface area contributed by atoms with Crippen molar-refractivity contribution in [2.45, 2.75) is 45.1 Å². The Morgan fingerprint density at radius 1 is 1.36 bits per heavy atom. The Hall–Kier alpha value is -0.0800. The summed E-state index contributed by atoms with van der Waals surface area (Å²) < 4.78 is 0. The zero-order valence-corrected chi connectivity index (χ0v) is 9.34. The fraction of sp³-hybridized carbons (Fsp3) is 1.00. The lowest BCUT2D eigenvalue weighted by Gasteiger charge is -2.22. The molecular weight excluding hydrogens is 172 g/mol. The van der Waals surface area contributed by atoms with Crippen LogP contribution >= 0.6 is 0 Å². The second-order valence-corrected chi connectivity index (χ2v) is 5.31. The minimum absolute atomic E-state index is 0.494. The quantitative estimate of drug-likeness (QED) is 0.703. The zero-order valence-electron chi connectivity index (χ0n) is 9.34. The van der Waals surface area contributed by atoms with Gasteiger partial charge in [-0.1, -0.05) is 6.42 Å². The minimum Gasteiger partial charge on any atom is -0.329 e. The maximum absolute atomic E-state index is 5.56. The summed E-state index contributed by atoms with van der Waals surface area (Å²) in [5.41, 5.74) is 5.56. The van der Waals surface area contributed by atoms with Gasteiger partial charge in [-0.25, -0.2) is 0 Å². The van der Waals surface area contributed by atoms with Crippen molar-refractivity contribution >= 4 is 0 Å². The van der Waals surface area contributed by atoms with E-state index in [1.54, 1.807) is 0 Å². The molecule has 0 heterocycles. The van der Waals surface area contributed by atoms with Crippen LogP contribution < -0.4 is 11.1 Å². The number of rotatable bonds is 5. The van der Waals surface area contributed by atoms with Gasteiger partial charge in [0.25, 0.3) is 0 Å². The molecule has 0 aromatic heterocycles. The van der Waals surface area contributed by atoms with Crippen molar-refractivity contribution in [2.24, 2.45) is 23.5 Å². The molecule has 0 aliphatic heterocycles. The second-order valence-electron chi connectivity index (χ2n) is 5.31. The highest BCUT2D eigenvalue weighted by atomic mass is 14.9. The smallest absolute Gasteiger partial charge is 0.0161 e. The van der Waals surface area contributed by atoms with E-state index in [-0.39, 0.29) is 0 Å². The Morgan fingerprint density at radius 2 is 2.21 bits per heavy atom. The predicted molar refractivity (Wildman–Crippen MR) is 60.1 cm³/mol. The van der Waals surface area contributed by atoms with Crippen molar-refractivity contribution in [2.75, 3.05) is 13.1 Å². The van der Waals surface area contributed by atoms with Crippen LogP contribution in [0.3, 0.4) is 0 Å². The third kappa shape index (κ3) is 2.29. The largest absolute Gasteiger partial charge is 0.329 e. The Bertz CT molecular complexity index is 181. The third-order valence-corrected chi connectivity index (χ3v) is 4.25. The molecule has 2 bridgehead atoms. The van der Waals surface area contributed by atoms with Gasteiger partial charge in [0.05, 0.1) is 0 Å². The first-order valence-electron chi connectivity index (χ1n) is 6.23. The summed E-state index contributed by atoms with van der Waals surface area (Å²) in [6.45, 7) is 4.10. The Labute approximate surface area is 87.6 Å². The number of nitrogens with one attached hydrogen (secondary N) is 1. The summed E-state index contributed by atoms with van der Waals surface area (Å²) >= 11 is 0. The highest BCUT2D eigenvalue weighted by Gasteiger charge is 2.38. The summed E-state index contributed by atoms with van der Waals surface area (Å²) in [5.74, 6) is 3.21. The van der Waals surface area contributed by atoms with Gasteiger partial charge in [-0.2, -0.15) is 0 Å². The topological polar surface area (TPSA) is 38.0 Å². The summed E-state index contributed by atoms with van der Waals surface area (Å²) in [5, 5.41) is 3.49. The van der Waals surface area contributed by atoms with E-state index in [1.165, 1.54) is 38.6 Å². The second kappa shape index (κ2) is 4.63. The van der Waals surface area contributed by atoms with E-state index in [4.69, 9.17) is 5.73 Å². The molecule has 0 saturated heterocycles. The number of hydrogen-bond acceptors (Lipinski definition) is 2. The SMILES string of the molecule is C[C@H](CN)NCCC1CC2CCC1C2. The lowest BCUT2D eigenvalue weighted by atomic mass is 9.86. The van der Waals surface area contributed by atoms with Crippen molar-refractivity contribution in [3.8, 4) is 0 Å². The van der Waals surface area contributed by atoms with E-state index in [2.05, 4.69) is 12.2 Å². The van der Waals surface area contributed by atoms with Gasteiger partial charge in [-0.05, 0) is 56.9 Å². The molecular formula is C12H24N2.